The van der Waals surface area contributed by atoms with Gasteiger partial charge in [-0.25, -0.2) is 0 Å². The maximum atomic E-state index is 14.1. The van der Waals surface area contributed by atoms with Gasteiger partial charge in [0.15, 0.2) is 0 Å². The second-order valence-corrected chi connectivity index (χ2v) is 10.5. The number of benzene rings is 3. The molecule has 0 saturated carbocycles. The zero-order chi connectivity index (χ0) is 26.9. The third-order valence-electron chi connectivity index (χ3n) is 6.95. The number of hydrogen-bond donors (Lipinski definition) is 1. The van der Waals surface area contributed by atoms with E-state index in [4.69, 9.17) is 0 Å². The number of amides is 1. The van der Waals surface area contributed by atoms with Crippen molar-refractivity contribution in [2.45, 2.75) is 25.1 Å². The van der Waals surface area contributed by atoms with Crippen LogP contribution in [0.25, 0.3) is 28.2 Å². The number of likely N-dealkylation sites (tertiary alicyclic amines) is 1. The maximum Gasteiger partial charge on any atom is 0.418 e. The number of halogens is 5. The Hall–Kier alpha value is -3.07. The molecule has 1 aliphatic rings. The van der Waals surface area contributed by atoms with Crippen LogP contribution in [0.4, 0.5) is 13.2 Å². The molecule has 0 bridgehead atoms. The van der Waals surface area contributed by atoms with E-state index < -0.39 is 11.7 Å². The first-order valence-electron chi connectivity index (χ1n) is 12.4. The Kier molecular flexibility index (Phi) is 8.89. The Bertz CT molecular complexity index is 1440. The molecule has 0 radical (unpaired) electrons. The topological polar surface area (TPSA) is 37.3 Å². The van der Waals surface area contributed by atoms with Crippen molar-refractivity contribution in [1.29, 1.82) is 0 Å². The van der Waals surface area contributed by atoms with E-state index in [1.165, 1.54) is 12.1 Å². The lowest BCUT2D eigenvalue weighted by Crippen LogP contribution is -2.43. The van der Waals surface area contributed by atoms with Gasteiger partial charge in [0, 0.05) is 16.1 Å². The molecule has 0 atom stereocenters. The average molecular weight is 619 g/mol. The molecule has 1 fully saturated rings. The van der Waals surface area contributed by atoms with E-state index in [0.29, 0.717) is 22.5 Å². The Morgan fingerprint density at radius 1 is 0.872 bits per heavy atom. The van der Waals surface area contributed by atoms with E-state index in [1.54, 1.807) is 34.9 Å². The highest BCUT2D eigenvalue weighted by molar-refractivity contribution is 9.10. The van der Waals surface area contributed by atoms with Crippen molar-refractivity contribution in [1.82, 2.24) is 14.8 Å². The summed E-state index contributed by atoms with van der Waals surface area (Å²) < 4.78 is 44.8. The first-order valence-corrected chi connectivity index (χ1v) is 13.2. The van der Waals surface area contributed by atoms with Gasteiger partial charge in [-0.05, 0) is 92.6 Å². The van der Waals surface area contributed by atoms with Crippen LogP contribution in [-0.4, -0.2) is 41.6 Å². The first-order chi connectivity index (χ1) is 18.2. The number of rotatable bonds is 5. The highest BCUT2D eigenvalue weighted by Crippen LogP contribution is 2.39. The fraction of sp³-hybridized carbons (Fsp3) is 0.233. The Balaban J connectivity index is 0.00000353. The number of piperidine rings is 1. The van der Waals surface area contributed by atoms with E-state index in [9.17, 15) is 18.0 Å². The molecule has 2 heterocycles. The van der Waals surface area contributed by atoms with Crippen LogP contribution in [0, 0.1) is 0 Å². The number of carbonyl (C=O) groups is 1. The normalized spacial score (nSPS) is 14.6. The van der Waals surface area contributed by atoms with Crippen LogP contribution in [0.15, 0.2) is 89.4 Å². The van der Waals surface area contributed by atoms with Crippen LogP contribution in [-0.2, 0) is 6.18 Å². The fourth-order valence-electron chi connectivity index (χ4n) is 4.92. The minimum Gasteiger partial charge on any atom is -0.349 e. The molecule has 0 unspecified atom stereocenters. The van der Waals surface area contributed by atoms with Gasteiger partial charge in [0.05, 0.1) is 22.6 Å². The van der Waals surface area contributed by atoms with Crippen molar-refractivity contribution in [3.05, 3.63) is 101 Å². The molecule has 1 aliphatic heterocycles. The van der Waals surface area contributed by atoms with Crippen molar-refractivity contribution < 1.29 is 18.0 Å². The second-order valence-electron chi connectivity index (χ2n) is 9.59. The lowest BCUT2D eigenvalue weighted by Gasteiger charge is -2.29. The quantitative estimate of drug-likeness (QED) is 0.248. The summed E-state index contributed by atoms with van der Waals surface area (Å²) in [6, 6.07) is 23.8. The molecule has 0 spiro atoms. The molecular weight excluding hydrogens is 591 g/mol. The van der Waals surface area contributed by atoms with E-state index in [0.717, 1.165) is 42.0 Å². The Labute approximate surface area is 240 Å². The Morgan fingerprint density at radius 2 is 1.51 bits per heavy atom. The maximum absolute atomic E-state index is 14.1. The minimum atomic E-state index is -4.54. The molecule has 1 aromatic heterocycles. The van der Waals surface area contributed by atoms with Gasteiger partial charge >= 0.3 is 6.18 Å². The number of aromatic nitrogens is 1. The average Bonchev–Trinajstić information content (AvgIpc) is 3.35. The SMILES string of the molecule is CN1CCC(NC(=O)c2cccc(-c3ccc(-c4ccc(Br)cc4)n3-c3ccccc3C(F)(F)F)c2)CC1.Cl. The third kappa shape index (κ3) is 6.40. The van der Waals surface area contributed by atoms with Gasteiger partial charge in [-0.3, -0.25) is 4.79 Å². The zero-order valence-corrected chi connectivity index (χ0v) is 23.6. The van der Waals surface area contributed by atoms with E-state index in [2.05, 4.69) is 33.2 Å². The predicted molar refractivity (Wildman–Crippen MR) is 155 cm³/mol. The lowest BCUT2D eigenvalue weighted by molar-refractivity contribution is -0.137. The molecular formula is C30H28BrClF3N3O. The number of nitrogens with zero attached hydrogens (tertiary/aromatic N) is 2. The molecule has 4 aromatic rings. The molecule has 9 heteroatoms. The Morgan fingerprint density at radius 3 is 2.18 bits per heavy atom. The van der Waals surface area contributed by atoms with E-state index in [-0.39, 0.29) is 30.0 Å². The van der Waals surface area contributed by atoms with Crippen molar-refractivity contribution >= 4 is 34.2 Å². The number of alkyl halides is 3. The molecule has 1 N–H and O–H groups in total. The van der Waals surface area contributed by atoms with Crippen LogP contribution < -0.4 is 5.32 Å². The molecule has 4 nitrogen and oxygen atoms in total. The van der Waals surface area contributed by atoms with Crippen LogP contribution in [0.2, 0.25) is 0 Å². The monoisotopic (exact) mass is 617 g/mol. The van der Waals surface area contributed by atoms with Gasteiger partial charge in [0.1, 0.15) is 0 Å². The minimum absolute atomic E-state index is 0. The highest BCUT2D eigenvalue weighted by atomic mass is 79.9. The smallest absolute Gasteiger partial charge is 0.349 e. The van der Waals surface area contributed by atoms with Gasteiger partial charge in [-0.2, -0.15) is 13.2 Å². The summed E-state index contributed by atoms with van der Waals surface area (Å²) in [5, 5.41) is 3.12. The van der Waals surface area contributed by atoms with Crippen LogP contribution in [0.3, 0.4) is 0 Å². The fourth-order valence-corrected chi connectivity index (χ4v) is 5.18. The first kappa shape index (κ1) is 28.9. The molecule has 204 valence electrons. The third-order valence-corrected chi connectivity index (χ3v) is 7.47. The number of carbonyl (C=O) groups excluding carboxylic acids is 1. The van der Waals surface area contributed by atoms with Gasteiger partial charge in [-0.15, -0.1) is 12.4 Å². The molecule has 1 amide bonds. The summed E-state index contributed by atoms with van der Waals surface area (Å²) in [7, 11) is 2.07. The van der Waals surface area contributed by atoms with Crippen LogP contribution in [0.1, 0.15) is 28.8 Å². The van der Waals surface area contributed by atoms with E-state index in [1.807, 2.05) is 36.4 Å². The molecule has 39 heavy (non-hydrogen) atoms. The zero-order valence-electron chi connectivity index (χ0n) is 21.2. The van der Waals surface area contributed by atoms with Gasteiger partial charge in [0.2, 0.25) is 0 Å². The molecule has 1 saturated heterocycles. The summed E-state index contributed by atoms with van der Waals surface area (Å²) >= 11 is 3.43. The van der Waals surface area contributed by atoms with Crippen molar-refractivity contribution in [2.75, 3.05) is 20.1 Å². The summed E-state index contributed by atoms with van der Waals surface area (Å²) in [5.41, 5.74) is 2.38. The highest BCUT2D eigenvalue weighted by Gasteiger charge is 2.34. The lowest BCUT2D eigenvalue weighted by atomic mass is 10.0. The molecule has 5 rings (SSSR count). The summed E-state index contributed by atoms with van der Waals surface area (Å²) in [6.45, 7) is 1.85. The van der Waals surface area contributed by atoms with Crippen molar-refractivity contribution in [3.8, 4) is 28.2 Å². The number of nitrogens with one attached hydrogen (secondary N) is 1. The summed E-state index contributed by atoms with van der Waals surface area (Å²) in [6.07, 6.45) is -2.77. The molecule has 3 aromatic carbocycles. The predicted octanol–water partition coefficient (Wildman–Crippen LogP) is 7.84. The molecule has 0 aliphatic carbocycles. The van der Waals surface area contributed by atoms with Crippen LogP contribution >= 0.6 is 28.3 Å². The largest absolute Gasteiger partial charge is 0.418 e. The van der Waals surface area contributed by atoms with Crippen molar-refractivity contribution in [3.63, 3.8) is 0 Å². The number of para-hydroxylation sites is 1. The standard InChI is InChI=1S/C30H27BrF3N3O.ClH/c1-36-17-15-24(16-18-36)35-29(38)22-6-4-5-21(19-22)27-14-13-26(20-9-11-23(31)12-10-20)37(27)28-8-3-2-7-25(28)30(32,33)34;/h2-14,19,24H,15-18H2,1H3,(H,35,38);1H. The van der Waals surface area contributed by atoms with Crippen molar-refractivity contribution in [2.24, 2.45) is 0 Å². The van der Waals surface area contributed by atoms with Crippen LogP contribution in [0.5, 0.6) is 0 Å². The summed E-state index contributed by atoms with van der Waals surface area (Å²) in [5.74, 6) is -0.177. The number of hydrogen-bond acceptors (Lipinski definition) is 2. The second kappa shape index (κ2) is 12.0. The van der Waals surface area contributed by atoms with Gasteiger partial charge < -0.3 is 14.8 Å². The van der Waals surface area contributed by atoms with Gasteiger partial charge in [0.25, 0.3) is 5.91 Å². The van der Waals surface area contributed by atoms with E-state index >= 15 is 0 Å². The van der Waals surface area contributed by atoms with Gasteiger partial charge in [-0.1, -0.05) is 52.3 Å². The summed E-state index contributed by atoms with van der Waals surface area (Å²) in [4.78, 5) is 15.3.